The van der Waals surface area contributed by atoms with Gasteiger partial charge in [-0.3, -0.25) is 0 Å². The Morgan fingerprint density at radius 1 is 1.38 bits per heavy atom. The molecule has 1 heterocycles. The molecule has 1 fully saturated rings. The van der Waals surface area contributed by atoms with E-state index in [1.54, 1.807) is 0 Å². The summed E-state index contributed by atoms with van der Waals surface area (Å²) in [7, 11) is 0. The molecule has 1 aromatic carbocycles. The van der Waals surface area contributed by atoms with Gasteiger partial charge in [0.25, 0.3) is 0 Å². The number of para-hydroxylation sites is 1. The zero-order chi connectivity index (χ0) is 11.4. The summed E-state index contributed by atoms with van der Waals surface area (Å²) in [4.78, 5) is 0. The van der Waals surface area contributed by atoms with Crippen molar-refractivity contribution in [2.24, 2.45) is 0 Å². The van der Waals surface area contributed by atoms with Crippen molar-refractivity contribution >= 4 is 5.69 Å². The Labute approximate surface area is 96.4 Å². The van der Waals surface area contributed by atoms with Crippen molar-refractivity contribution < 1.29 is 9.84 Å². The van der Waals surface area contributed by atoms with Gasteiger partial charge in [-0.15, -0.1) is 0 Å². The molecule has 1 aromatic rings. The summed E-state index contributed by atoms with van der Waals surface area (Å²) in [6, 6.07) is 7.83. The van der Waals surface area contributed by atoms with Gasteiger partial charge in [0.2, 0.25) is 0 Å². The second-order valence-corrected chi connectivity index (χ2v) is 4.34. The zero-order valence-corrected chi connectivity index (χ0v) is 9.65. The monoisotopic (exact) mass is 221 g/mol. The summed E-state index contributed by atoms with van der Waals surface area (Å²) < 4.78 is 5.73. The topological polar surface area (TPSA) is 41.5 Å². The van der Waals surface area contributed by atoms with Crippen LogP contribution in [-0.2, 0) is 11.3 Å². The van der Waals surface area contributed by atoms with Crippen LogP contribution in [0.5, 0.6) is 0 Å². The molecule has 88 valence electrons. The van der Waals surface area contributed by atoms with Gasteiger partial charge in [-0.2, -0.15) is 0 Å². The number of ether oxygens (including phenoxy) is 1. The van der Waals surface area contributed by atoms with Crippen LogP contribution in [0, 0.1) is 0 Å². The van der Waals surface area contributed by atoms with Crippen molar-refractivity contribution in [3.8, 4) is 0 Å². The predicted octanol–water partition coefficient (Wildman–Crippen LogP) is 2.16. The molecular weight excluding hydrogens is 202 g/mol. The first-order valence-corrected chi connectivity index (χ1v) is 5.87. The Hall–Kier alpha value is -1.06. The molecule has 0 radical (unpaired) electrons. The second kappa shape index (κ2) is 5.32. The Bertz CT molecular complexity index is 340. The summed E-state index contributed by atoms with van der Waals surface area (Å²) in [5.74, 6) is 0. The largest absolute Gasteiger partial charge is 0.392 e. The minimum absolute atomic E-state index is 0.0745. The summed E-state index contributed by atoms with van der Waals surface area (Å²) >= 11 is 0. The van der Waals surface area contributed by atoms with E-state index in [4.69, 9.17) is 4.74 Å². The quantitative estimate of drug-likeness (QED) is 0.818. The summed E-state index contributed by atoms with van der Waals surface area (Å²) in [5, 5.41) is 12.5. The number of hydrogen-bond acceptors (Lipinski definition) is 3. The minimum atomic E-state index is 0.0745. The zero-order valence-electron chi connectivity index (χ0n) is 9.65. The molecule has 2 atom stereocenters. The molecule has 1 aliphatic heterocycles. The molecule has 0 aliphatic carbocycles. The number of anilines is 1. The fourth-order valence-electron chi connectivity index (χ4n) is 2.09. The third kappa shape index (κ3) is 2.74. The molecule has 0 bridgehead atoms. The van der Waals surface area contributed by atoms with Crippen LogP contribution in [0.15, 0.2) is 24.3 Å². The Morgan fingerprint density at radius 3 is 2.88 bits per heavy atom. The van der Waals surface area contributed by atoms with Crippen molar-refractivity contribution in [3.63, 3.8) is 0 Å². The summed E-state index contributed by atoms with van der Waals surface area (Å²) in [6.45, 7) is 3.01. The van der Waals surface area contributed by atoms with Crippen molar-refractivity contribution in [3.05, 3.63) is 29.8 Å². The van der Waals surface area contributed by atoms with E-state index in [0.717, 1.165) is 30.6 Å². The molecule has 2 unspecified atom stereocenters. The fourth-order valence-corrected chi connectivity index (χ4v) is 2.09. The van der Waals surface area contributed by atoms with Crippen LogP contribution in [0.4, 0.5) is 5.69 Å². The lowest BCUT2D eigenvalue weighted by Gasteiger charge is -2.15. The molecule has 0 saturated carbocycles. The van der Waals surface area contributed by atoms with Crippen LogP contribution in [0.3, 0.4) is 0 Å². The van der Waals surface area contributed by atoms with E-state index >= 15 is 0 Å². The molecule has 0 spiro atoms. The van der Waals surface area contributed by atoms with E-state index < -0.39 is 0 Å². The number of benzene rings is 1. The number of aliphatic hydroxyl groups is 1. The van der Waals surface area contributed by atoms with Gasteiger partial charge in [0.05, 0.1) is 18.8 Å². The molecule has 1 aliphatic rings. The van der Waals surface area contributed by atoms with Gasteiger partial charge in [0, 0.05) is 17.8 Å². The third-order valence-electron chi connectivity index (χ3n) is 3.03. The van der Waals surface area contributed by atoms with Crippen LogP contribution in [0.2, 0.25) is 0 Å². The van der Waals surface area contributed by atoms with E-state index in [1.165, 1.54) is 0 Å². The van der Waals surface area contributed by atoms with Crippen molar-refractivity contribution in [2.75, 3.05) is 11.9 Å². The maximum Gasteiger partial charge on any atom is 0.0751 e. The van der Waals surface area contributed by atoms with Gasteiger partial charge in [0.1, 0.15) is 0 Å². The van der Waals surface area contributed by atoms with E-state index in [-0.39, 0.29) is 6.61 Å². The van der Waals surface area contributed by atoms with Gasteiger partial charge in [-0.05, 0) is 25.8 Å². The van der Waals surface area contributed by atoms with Crippen LogP contribution >= 0.6 is 0 Å². The van der Waals surface area contributed by atoms with Crippen LogP contribution < -0.4 is 5.32 Å². The molecular formula is C13H19NO2. The maximum atomic E-state index is 9.18. The first-order valence-electron chi connectivity index (χ1n) is 5.87. The van der Waals surface area contributed by atoms with E-state index in [9.17, 15) is 5.11 Å². The van der Waals surface area contributed by atoms with Crippen LogP contribution in [-0.4, -0.2) is 23.9 Å². The number of hydrogen-bond donors (Lipinski definition) is 2. The fraction of sp³-hybridized carbons (Fsp3) is 0.538. The lowest BCUT2D eigenvalue weighted by atomic mass is 10.1. The number of aliphatic hydroxyl groups excluding tert-OH is 1. The predicted molar refractivity (Wildman–Crippen MR) is 64.4 cm³/mol. The lowest BCUT2D eigenvalue weighted by Crippen LogP contribution is -2.20. The Balaban J connectivity index is 1.89. The highest BCUT2D eigenvalue weighted by Gasteiger charge is 2.21. The van der Waals surface area contributed by atoms with E-state index in [0.29, 0.717) is 12.2 Å². The molecule has 2 N–H and O–H groups in total. The molecule has 0 amide bonds. The van der Waals surface area contributed by atoms with Gasteiger partial charge >= 0.3 is 0 Å². The van der Waals surface area contributed by atoms with E-state index in [2.05, 4.69) is 12.2 Å². The molecule has 3 heteroatoms. The van der Waals surface area contributed by atoms with Crippen molar-refractivity contribution in [1.82, 2.24) is 0 Å². The SMILES string of the molecule is CC1CCC(CNc2ccccc2CO)O1. The van der Waals surface area contributed by atoms with Gasteiger partial charge in [-0.1, -0.05) is 18.2 Å². The highest BCUT2D eigenvalue weighted by atomic mass is 16.5. The smallest absolute Gasteiger partial charge is 0.0751 e. The Morgan fingerprint density at radius 2 is 2.19 bits per heavy atom. The van der Waals surface area contributed by atoms with Gasteiger partial charge < -0.3 is 15.2 Å². The highest BCUT2D eigenvalue weighted by Crippen LogP contribution is 2.21. The van der Waals surface area contributed by atoms with Crippen molar-refractivity contribution in [2.45, 2.75) is 38.6 Å². The molecule has 16 heavy (non-hydrogen) atoms. The lowest BCUT2D eigenvalue weighted by molar-refractivity contribution is 0.0636. The van der Waals surface area contributed by atoms with E-state index in [1.807, 2.05) is 24.3 Å². The second-order valence-electron chi connectivity index (χ2n) is 4.34. The number of rotatable bonds is 4. The molecule has 2 rings (SSSR count). The first kappa shape index (κ1) is 11.4. The Kier molecular flexibility index (Phi) is 3.80. The average Bonchev–Trinajstić information content (AvgIpc) is 2.73. The summed E-state index contributed by atoms with van der Waals surface area (Å²) in [6.07, 6.45) is 2.96. The van der Waals surface area contributed by atoms with Crippen LogP contribution in [0.25, 0.3) is 0 Å². The van der Waals surface area contributed by atoms with Crippen LogP contribution in [0.1, 0.15) is 25.3 Å². The molecule has 3 nitrogen and oxygen atoms in total. The molecule has 0 aromatic heterocycles. The van der Waals surface area contributed by atoms with Gasteiger partial charge in [-0.25, -0.2) is 0 Å². The number of nitrogens with one attached hydrogen (secondary N) is 1. The standard InChI is InChI=1S/C13H19NO2/c1-10-6-7-12(16-10)8-14-13-5-3-2-4-11(13)9-15/h2-5,10,12,14-15H,6-9H2,1H3. The van der Waals surface area contributed by atoms with Crippen molar-refractivity contribution in [1.29, 1.82) is 0 Å². The third-order valence-corrected chi connectivity index (χ3v) is 3.03. The van der Waals surface area contributed by atoms with Gasteiger partial charge in [0.15, 0.2) is 0 Å². The maximum absolute atomic E-state index is 9.18. The average molecular weight is 221 g/mol. The highest BCUT2D eigenvalue weighted by molar-refractivity contribution is 5.50. The summed E-state index contributed by atoms with van der Waals surface area (Å²) in [5.41, 5.74) is 1.95. The first-order chi connectivity index (χ1) is 7.79. The normalized spacial score (nSPS) is 24.6. The molecule has 1 saturated heterocycles. The minimum Gasteiger partial charge on any atom is -0.392 e.